The minimum atomic E-state index is 0.186. The van der Waals surface area contributed by atoms with E-state index >= 15 is 0 Å². The van der Waals surface area contributed by atoms with Crippen molar-refractivity contribution >= 4 is 5.91 Å². The number of carbonyl (C=O) groups excluding carboxylic acids is 1. The summed E-state index contributed by atoms with van der Waals surface area (Å²) in [5.74, 6) is 1.06. The zero-order chi connectivity index (χ0) is 11.8. The van der Waals surface area contributed by atoms with Gasteiger partial charge < -0.3 is 10.6 Å². The molecule has 2 N–H and O–H groups in total. The molecule has 0 spiro atoms. The Morgan fingerprint density at radius 2 is 1.94 bits per heavy atom. The first-order valence-electron chi connectivity index (χ1n) is 6.68. The standard InChI is InChI=1S/C13H26N2O/c1-11(2)14-10-8-13(16)15-9-7-12-5-3-4-6-12/h11-12,14H,3-10H2,1-2H3,(H,15,16). The maximum atomic E-state index is 11.4. The Kier molecular flexibility index (Phi) is 6.46. The zero-order valence-corrected chi connectivity index (χ0v) is 10.7. The van der Waals surface area contributed by atoms with Gasteiger partial charge in [0.05, 0.1) is 0 Å². The SMILES string of the molecule is CC(C)NCCC(=O)NCCC1CCCC1. The molecule has 1 amide bonds. The third kappa shape index (κ3) is 6.11. The van der Waals surface area contributed by atoms with Crippen LogP contribution in [0.1, 0.15) is 52.4 Å². The molecule has 3 nitrogen and oxygen atoms in total. The average molecular weight is 226 g/mol. The largest absolute Gasteiger partial charge is 0.356 e. The molecule has 0 bridgehead atoms. The van der Waals surface area contributed by atoms with Crippen LogP contribution in [0.2, 0.25) is 0 Å². The van der Waals surface area contributed by atoms with E-state index in [1.807, 2.05) is 0 Å². The summed E-state index contributed by atoms with van der Waals surface area (Å²) < 4.78 is 0. The van der Waals surface area contributed by atoms with Crippen LogP contribution in [-0.2, 0) is 4.79 Å². The van der Waals surface area contributed by atoms with Gasteiger partial charge in [-0.2, -0.15) is 0 Å². The lowest BCUT2D eigenvalue weighted by molar-refractivity contribution is -0.121. The predicted octanol–water partition coefficient (Wildman–Crippen LogP) is 2.07. The van der Waals surface area contributed by atoms with Gasteiger partial charge in [-0.25, -0.2) is 0 Å². The van der Waals surface area contributed by atoms with Gasteiger partial charge in [-0.1, -0.05) is 39.5 Å². The Balaban J connectivity index is 1.93. The fraction of sp³-hybridized carbons (Fsp3) is 0.923. The molecule has 1 aliphatic carbocycles. The van der Waals surface area contributed by atoms with Gasteiger partial charge in [0.2, 0.25) is 5.91 Å². The first-order chi connectivity index (χ1) is 7.68. The fourth-order valence-corrected chi connectivity index (χ4v) is 2.28. The quantitative estimate of drug-likeness (QED) is 0.698. The molecule has 0 unspecified atom stereocenters. The molecule has 0 aromatic heterocycles. The van der Waals surface area contributed by atoms with Crippen LogP contribution in [-0.4, -0.2) is 25.0 Å². The number of carbonyl (C=O) groups is 1. The summed E-state index contributed by atoms with van der Waals surface area (Å²) in [6.45, 7) is 5.84. The Morgan fingerprint density at radius 1 is 1.25 bits per heavy atom. The number of rotatable bonds is 7. The topological polar surface area (TPSA) is 41.1 Å². The van der Waals surface area contributed by atoms with Crippen molar-refractivity contribution in [2.24, 2.45) is 5.92 Å². The number of amides is 1. The second-order valence-electron chi connectivity index (χ2n) is 5.15. The Morgan fingerprint density at radius 3 is 2.56 bits per heavy atom. The highest BCUT2D eigenvalue weighted by Gasteiger charge is 2.14. The van der Waals surface area contributed by atoms with Crippen LogP contribution >= 0.6 is 0 Å². The van der Waals surface area contributed by atoms with E-state index in [1.54, 1.807) is 0 Å². The number of hydrogen-bond acceptors (Lipinski definition) is 2. The lowest BCUT2D eigenvalue weighted by Gasteiger charge is -2.11. The molecular weight excluding hydrogens is 200 g/mol. The summed E-state index contributed by atoms with van der Waals surface area (Å²) >= 11 is 0. The van der Waals surface area contributed by atoms with Gasteiger partial charge in [0.15, 0.2) is 0 Å². The molecule has 0 aromatic carbocycles. The van der Waals surface area contributed by atoms with Crippen molar-refractivity contribution in [3.8, 4) is 0 Å². The van der Waals surface area contributed by atoms with Gasteiger partial charge in [0.1, 0.15) is 0 Å². The molecule has 1 aliphatic rings. The van der Waals surface area contributed by atoms with Crippen LogP contribution in [0, 0.1) is 5.92 Å². The van der Waals surface area contributed by atoms with Crippen LogP contribution in [0.4, 0.5) is 0 Å². The van der Waals surface area contributed by atoms with E-state index in [9.17, 15) is 4.79 Å². The van der Waals surface area contributed by atoms with Crippen molar-refractivity contribution in [2.75, 3.05) is 13.1 Å². The molecule has 1 rings (SSSR count). The van der Waals surface area contributed by atoms with Gasteiger partial charge in [0.25, 0.3) is 0 Å². The summed E-state index contributed by atoms with van der Waals surface area (Å²) in [5, 5.41) is 6.25. The average Bonchev–Trinajstić information content (AvgIpc) is 2.70. The summed E-state index contributed by atoms with van der Waals surface area (Å²) in [4.78, 5) is 11.4. The first kappa shape index (κ1) is 13.5. The summed E-state index contributed by atoms with van der Waals surface area (Å²) in [6, 6.07) is 0.464. The monoisotopic (exact) mass is 226 g/mol. The van der Waals surface area contributed by atoms with Crippen molar-refractivity contribution in [1.82, 2.24) is 10.6 Å². The smallest absolute Gasteiger partial charge is 0.221 e. The van der Waals surface area contributed by atoms with Gasteiger partial charge >= 0.3 is 0 Å². The maximum Gasteiger partial charge on any atom is 0.221 e. The van der Waals surface area contributed by atoms with Crippen LogP contribution < -0.4 is 10.6 Å². The molecule has 3 heteroatoms. The molecule has 0 aromatic rings. The molecule has 0 radical (unpaired) electrons. The third-order valence-electron chi connectivity index (χ3n) is 3.25. The van der Waals surface area contributed by atoms with Gasteiger partial charge in [0, 0.05) is 25.6 Å². The van der Waals surface area contributed by atoms with Crippen LogP contribution in [0.5, 0.6) is 0 Å². The second kappa shape index (κ2) is 7.66. The Bertz CT molecular complexity index is 198. The summed E-state index contributed by atoms with van der Waals surface area (Å²) in [5.41, 5.74) is 0. The molecule has 0 atom stereocenters. The Hall–Kier alpha value is -0.570. The molecule has 1 fully saturated rings. The van der Waals surface area contributed by atoms with Crippen LogP contribution in [0.3, 0.4) is 0 Å². The molecule has 1 saturated carbocycles. The van der Waals surface area contributed by atoms with Crippen molar-refractivity contribution in [3.05, 3.63) is 0 Å². The Labute approximate surface area is 99.4 Å². The van der Waals surface area contributed by atoms with Gasteiger partial charge in [-0.05, 0) is 12.3 Å². The predicted molar refractivity (Wildman–Crippen MR) is 67.3 cm³/mol. The lowest BCUT2D eigenvalue weighted by Crippen LogP contribution is -2.31. The van der Waals surface area contributed by atoms with E-state index in [0.29, 0.717) is 12.5 Å². The lowest BCUT2D eigenvalue weighted by atomic mass is 10.0. The van der Waals surface area contributed by atoms with E-state index < -0.39 is 0 Å². The first-order valence-corrected chi connectivity index (χ1v) is 6.68. The highest BCUT2D eigenvalue weighted by Crippen LogP contribution is 2.26. The van der Waals surface area contributed by atoms with Crippen LogP contribution in [0.15, 0.2) is 0 Å². The second-order valence-corrected chi connectivity index (χ2v) is 5.15. The minimum Gasteiger partial charge on any atom is -0.356 e. The fourth-order valence-electron chi connectivity index (χ4n) is 2.28. The molecule has 94 valence electrons. The maximum absolute atomic E-state index is 11.4. The van der Waals surface area contributed by atoms with Crippen molar-refractivity contribution in [1.29, 1.82) is 0 Å². The van der Waals surface area contributed by atoms with Gasteiger partial charge in [-0.3, -0.25) is 4.79 Å². The highest BCUT2D eigenvalue weighted by atomic mass is 16.1. The summed E-state index contributed by atoms with van der Waals surface area (Å²) in [7, 11) is 0. The van der Waals surface area contributed by atoms with Crippen molar-refractivity contribution in [3.63, 3.8) is 0 Å². The van der Waals surface area contributed by atoms with Crippen molar-refractivity contribution in [2.45, 2.75) is 58.4 Å². The van der Waals surface area contributed by atoms with E-state index in [1.165, 1.54) is 32.1 Å². The van der Waals surface area contributed by atoms with Crippen molar-refractivity contribution < 1.29 is 4.79 Å². The third-order valence-corrected chi connectivity index (χ3v) is 3.25. The molecule has 0 aliphatic heterocycles. The highest BCUT2D eigenvalue weighted by molar-refractivity contribution is 5.75. The zero-order valence-electron chi connectivity index (χ0n) is 10.7. The van der Waals surface area contributed by atoms with E-state index in [2.05, 4.69) is 24.5 Å². The molecule has 16 heavy (non-hydrogen) atoms. The summed E-state index contributed by atoms with van der Waals surface area (Å²) in [6.07, 6.45) is 7.27. The van der Waals surface area contributed by atoms with E-state index in [-0.39, 0.29) is 5.91 Å². The number of nitrogens with one attached hydrogen (secondary N) is 2. The minimum absolute atomic E-state index is 0.186. The van der Waals surface area contributed by atoms with E-state index in [4.69, 9.17) is 0 Å². The van der Waals surface area contributed by atoms with E-state index in [0.717, 1.165) is 19.0 Å². The van der Waals surface area contributed by atoms with Gasteiger partial charge in [-0.15, -0.1) is 0 Å². The van der Waals surface area contributed by atoms with Crippen LogP contribution in [0.25, 0.3) is 0 Å². The molecule has 0 saturated heterocycles. The molecular formula is C13H26N2O. The number of hydrogen-bond donors (Lipinski definition) is 2. The normalized spacial score (nSPS) is 16.9. The molecule has 0 heterocycles.